The Balaban J connectivity index is 1.51. The highest BCUT2D eigenvalue weighted by atomic mass is 16.5. The minimum Gasteiger partial charge on any atom is -0.394 e. The van der Waals surface area contributed by atoms with E-state index in [2.05, 4.69) is 11.8 Å². The number of carbonyl (C=O) groups excluding carboxylic acids is 2. The Labute approximate surface area is 165 Å². The number of hydrogen-bond donors (Lipinski definition) is 1. The first-order valence-corrected chi connectivity index (χ1v) is 9.92. The number of rotatable bonds is 4. The minimum atomic E-state index is -0.219. The monoisotopic (exact) mass is 382 g/mol. The van der Waals surface area contributed by atoms with Crippen LogP contribution in [-0.2, 0) is 14.3 Å². The van der Waals surface area contributed by atoms with E-state index in [4.69, 9.17) is 4.74 Å². The average Bonchev–Trinajstić information content (AvgIpc) is 2.63. The molecule has 2 amide bonds. The third-order valence-corrected chi connectivity index (χ3v) is 6.26. The van der Waals surface area contributed by atoms with Crippen molar-refractivity contribution in [1.82, 2.24) is 9.80 Å². The first-order chi connectivity index (χ1) is 13.6. The molecule has 148 valence electrons. The van der Waals surface area contributed by atoms with Gasteiger partial charge in [0.25, 0.3) is 0 Å². The van der Waals surface area contributed by atoms with Crippen molar-refractivity contribution in [2.75, 3.05) is 33.4 Å². The predicted molar refractivity (Wildman–Crippen MR) is 103 cm³/mol. The molecule has 0 aromatic heterocycles. The molecule has 28 heavy (non-hydrogen) atoms. The number of fused-ring (bicyclic) bond motifs is 1. The summed E-state index contributed by atoms with van der Waals surface area (Å²) in [7, 11) is 1.61. The van der Waals surface area contributed by atoms with Crippen LogP contribution in [0.5, 0.6) is 0 Å². The molecule has 1 aromatic rings. The molecule has 1 aromatic carbocycles. The number of aliphatic hydroxyl groups is 1. The summed E-state index contributed by atoms with van der Waals surface area (Å²) >= 11 is 0. The van der Waals surface area contributed by atoms with Crippen LogP contribution >= 0.6 is 0 Å². The van der Waals surface area contributed by atoms with E-state index >= 15 is 0 Å². The number of ether oxygens (including phenoxy) is 1. The number of nitrogens with zero attached hydrogens (tertiary/aromatic N) is 2. The number of hydrogen-bond acceptors (Lipinski definition) is 4. The van der Waals surface area contributed by atoms with Gasteiger partial charge in [0.15, 0.2) is 0 Å². The molecule has 2 aliphatic heterocycles. The van der Waals surface area contributed by atoms with Crippen molar-refractivity contribution in [2.45, 2.75) is 37.3 Å². The summed E-state index contributed by atoms with van der Waals surface area (Å²) in [5.74, 6) is 6.16. The van der Waals surface area contributed by atoms with E-state index in [0.29, 0.717) is 13.2 Å². The van der Waals surface area contributed by atoms with Crippen molar-refractivity contribution in [1.29, 1.82) is 0 Å². The van der Waals surface area contributed by atoms with Crippen molar-refractivity contribution in [2.24, 2.45) is 5.92 Å². The van der Waals surface area contributed by atoms with Crippen LogP contribution < -0.4 is 0 Å². The highest BCUT2D eigenvalue weighted by molar-refractivity contribution is 5.89. The standard InChI is InChI=1S/C22H26N2O4/c1-28-11-3-4-15-7-9-16(10-8-15)21-18-12-23(22(27)17-5-2-6-17)13-20(26)24(18)19(21)14-25/h7-10,17-19,21,25H,2,5-6,11-14H2,1H3/t18-,19-,21-/m1/s1. The predicted octanol–water partition coefficient (Wildman–Crippen LogP) is 0.982. The van der Waals surface area contributed by atoms with Crippen molar-refractivity contribution in [3.8, 4) is 11.8 Å². The largest absolute Gasteiger partial charge is 0.394 e. The maximum absolute atomic E-state index is 12.6. The van der Waals surface area contributed by atoms with Gasteiger partial charge in [0.05, 0.1) is 25.2 Å². The van der Waals surface area contributed by atoms with Crippen LogP contribution in [0.15, 0.2) is 24.3 Å². The van der Waals surface area contributed by atoms with Crippen LogP contribution in [-0.4, -0.2) is 72.2 Å². The van der Waals surface area contributed by atoms with Gasteiger partial charge in [0, 0.05) is 31.1 Å². The van der Waals surface area contributed by atoms with E-state index in [1.165, 1.54) is 0 Å². The molecule has 4 rings (SSSR count). The van der Waals surface area contributed by atoms with Gasteiger partial charge in [-0.05, 0) is 30.5 Å². The second kappa shape index (κ2) is 7.94. The Morgan fingerprint density at radius 1 is 1.29 bits per heavy atom. The summed E-state index contributed by atoms with van der Waals surface area (Å²) in [5, 5.41) is 9.87. The molecule has 6 nitrogen and oxygen atoms in total. The van der Waals surface area contributed by atoms with Gasteiger partial charge in [-0.2, -0.15) is 0 Å². The molecular weight excluding hydrogens is 356 g/mol. The lowest BCUT2D eigenvalue weighted by Gasteiger charge is -2.59. The summed E-state index contributed by atoms with van der Waals surface area (Å²) in [6.07, 6.45) is 2.97. The van der Waals surface area contributed by atoms with Gasteiger partial charge in [-0.25, -0.2) is 0 Å². The molecule has 6 heteroatoms. The second-order valence-electron chi connectivity index (χ2n) is 7.85. The number of carbonyl (C=O) groups is 2. The molecular formula is C22H26N2O4. The average molecular weight is 382 g/mol. The van der Waals surface area contributed by atoms with E-state index in [-0.39, 0.29) is 48.9 Å². The summed E-state index contributed by atoms with van der Waals surface area (Å²) in [4.78, 5) is 28.8. The smallest absolute Gasteiger partial charge is 0.242 e. The van der Waals surface area contributed by atoms with Crippen molar-refractivity contribution < 1.29 is 19.4 Å². The van der Waals surface area contributed by atoms with Gasteiger partial charge in [0.2, 0.25) is 11.8 Å². The SMILES string of the molecule is COCC#Cc1ccc([C@H]2[C@@H](CO)N3C(=O)CN(C(=O)C4CCC4)C[C@H]23)cc1. The number of aliphatic hydroxyl groups excluding tert-OH is 1. The molecule has 3 fully saturated rings. The molecule has 3 atom stereocenters. The number of piperazine rings is 1. The fourth-order valence-electron chi connectivity index (χ4n) is 4.58. The number of methoxy groups -OCH3 is 1. The molecule has 2 heterocycles. The Morgan fingerprint density at radius 3 is 2.64 bits per heavy atom. The molecule has 1 aliphatic carbocycles. The lowest BCUT2D eigenvalue weighted by atomic mass is 9.73. The first-order valence-electron chi connectivity index (χ1n) is 9.92. The van der Waals surface area contributed by atoms with Gasteiger partial charge in [-0.1, -0.05) is 30.4 Å². The molecule has 0 radical (unpaired) electrons. The van der Waals surface area contributed by atoms with Gasteiger partial charge < -0.3 is 19.6 Å². The van der Waals surface area contributed by atoms with Crippen LogP contribution in [0, 0.1) is 17.8 Å². The van der Waals surface area contributed by atoms with Crippen LogP contribution in [0.3, 0.4) is 0 Å². The third kappa shape index (κ3) is 3.30. The third-order valence-electron chi connectivity index (χ3n) is 6.26. The number of benzene rings is 1. The van der Waals surface area contributed by atoms with Crippen molar-refractivity contribution in [3.63, 3.8) is 0 Å². The van der Waals surface area contributed by atoms with Crippen LogP contribution in [0.1, 0.15) is 36.3 Å². The first kappa shape index (κ1) is 19.0. The molecule has 0 unspecified atom stereocenters. The van der Waals surface area contributed by atoms with Crippen molar-refractivity contribution in [3.05, 3.63) is 35.4 Å². The molecule has 0 bridgehead atoms. The normalized spacial score (nSPS) is 26.6. The summed E-state index contributed by atoms with van der Waals surface area (Å²) in [6, 6.07) is 7.66. The zero-order valence-electron chi connectivity index (χ0n) is 16.1. The van der Waals surface area contributed by atoms with Crippen LogP contribution in [0.2, 0.25) is 0 Å². The maximum Gasteiger partial charge on any atom is 0.242 e. The summed E-state index contributed by atoms with van der Waals surface area (Å²) in [6.45, 7) is 1.01. The highest BCUT2D eigenvalue weighted by Crippen LogP contribution is 2.43. The topological polar surface area (TPSA) is 70.1 Å². The van der Waals surface area contributed by atoms with E-state index in [1.807, 2.05) is 24.3 Å². The van der Waals surface area contributed by atoms with Gasteiger partial charge in [-0.3, -0.25) is 9.59 Å². The lowest BCUT2D eigenvalue weighted by molar-refractivity contribution is -0.169. The molecule has 0 spiro atoms. The second-order valence-corrected chi connectivity index (χ2v) is 7.85. The van der Waals surface area contributed by atoms with E-state index in [0.717, 1.165) is 30.4 Å². The molecule has 2 saturated heterocycles. The highest BCUT2D eigenvalue weighted by Gasteiger charge is 2.54. The maximum atomic E-state index is 12.6. The zero-order valence-corrected chi connectivity index (χ0v) is 16.1. The molecule has 1 saturated carbocycles. The van der Waals surface area contributed by atoms with Gasteiger partial charge in [0.1, 0.15) is 6.61 Å². The van der Waals surface area contributed by atoms with Crippen molar-refractivity contribution >= 4 is 11.8 Å². The lowest BCUT2D eigenvalue weighted by Crippen LogP contribution is -2.73. The van der Waals surface area contributed by atoms with Gasteiger partial charge in [-0.15, -0.1) is 0 Å². The minimum absolute atomic E-state index is 0.0342. The summed E-state index contributed by atoms with van der Waals surface area (Å²) < 4.78 is 4.94. The Kier molecular flexibility index (Phi) is 5.38. The Bertz CT molecular complexity index is 806. The quantitative estimate of drug-likeness (QED) is 0.789. The van der Waals surface area contributed by atoms with E-state index < -0.39 is 0 Å². The zero-order chi connectivity index (χ0) is 19.7. The van der Waals surface area contributed by atoms with E-state index in [9.17, 15) is 14.7 Å². The molecule has 3 aliphatic rings. The summed E-state index contributed by atoms with van der Waals surface area (Å²) in [5.41, 5.74) is 1.97. The fourth-order valence-corrected chi connectivity index (χ4v) is 4.58. The Morgan fingerprint density at radius 2 is 2.04 bits per heavy atom. The van der Waals surface area contributed by atoms with E-state index in [1.54, 1.807) is 16.9 Å². The van der Waals surface area contributed by atoms with Gasteiger partial charge >= 0.3 is 0 Å². The van der Waals surface area contributed by atoms with Crippen LogP contribution in [0.4, 0.5) is 0 Å². The fraction of sp³-hybridized carbons (Fsp3) is 0.545. The Hall–Kier alpha value is -2.36. The van der Waals surface area contributed by atoms with Crippen LogP contribution in [0.25, 0.3) is 0 Å². The molecule has 1 N–H and O–H groups in total. The number of amides is 2.